The molecule has 23 heavy (non-hydrogen) atoms. The van der Waals surface area contributed by atoms with E-state index in [4.69, 9.17) is 0 Å². The molecule has 0 unspecified atom stereocenters. The van der Waals surface area contributed by atoms with Crippen LogP contribution in [0, 0.1) is 6.92 Å². The van der Waals surface area contributed by atoms with E-state index in [1.165, 1.54) is 11.3 Å². The molecule has 2 aromatic rings. The summed E-state index contributed by atoms with van der Waals surface area (Å²) in [5, 5.41) is 3.94. The molecule has 0 saturated heterocycles. The molecule has 0 radical (unpaired) electrons. The first-order chi connectivity index (χ1) is 11.2. The fraction of sp³-hybridized carbons (Fsp3) is 0.389. The van der Waals surface area contributed by atoms with Crippen LogP contribution in [-0.2, 0) is 6.54 Å². The lowest BCUT2D eigenvalue weighted by Crippen LogP contribution is -2.47. The third kappa shape index (κ3) is 3.44. The van der Waals surface area contributed by atoms with Crippen molar-refractivity contribution in [1.29, 1.82) is 0 Å². The topological polar surface area (TPSA) is 37.3 Å². The Morgan fingerprint density at radius 1 is 1.26 bits per heavy atom. The molecule has 0 saturated carbocycles. The van der Waals surface area contributed by atoms with E-state index in [2.05, 4.69) is 75.3 Å². The Bertz CT molecular complexity index is 665. The molecule has 1 aliphatic rings. The van der Waals surface area contributed by atoms with E-state index in [1.54, 1.807) is 0 Å². The summed E-state index contributed by atoms with van der Waals surface area (Å²) in [6.07, 6.45) is 3.03. The molecule has 0 aliphatic carbocycles. The number of halogens is 1. The largest absolute Gasteiger partial charge is 0.348 e. The van der Waals surface area contributed by atoms with E-state index in [0.717, 1.165) is 30.4 Å². The van der Waals surface area contributed by atoms with E-state index >= 15 is 0 Å². The number of benzene rings is 1. The molecular formula is C18H22BrN3O. The summed E-state index contributed by atoms with van der Waals surface area (Å²) in [6.45, 7) is 4.34. The number of nitrogens with one attached hydrogen (secondary N) is 1. The summed E-state index contributed by atoms with van der Waals surface area (Å²) in [6, 6.07) is 12.6. The number of rotatable bonds is 4. The number of nitrogens with zero attached hydrogens (tertiary/aromatic N) is 2. The number of carbonyl (C=O) groups is 1. The molecule has 1 aromatic heterocycles. The van der Waals surface area contributed by atoms with Gasteiger partial charge in [-0.1, -0.05) is 45.8 Å². The van der Waals surface area contributed by atoms with Crippen LogP contribution in [0.15, 0.2) is 42.6 Å². The van der Waals surface area contributed by atoms with Crippen LogP contribution in [-0.4, -0.2) is 33.9 Å². The molecule has 122 valence electrons. The smallest absolute Gasteiger partial charge is 0.318 e. The summed E-state index contributed by atoms with van der Waals surface area (Å²) < 4.78 is 2.24. The van der Waals surface area contributed by atoms with Crippen molar-refractivity contribution in [1.82, 2.24) is 14.8 Å². The van der Waals surface area contributed by atoms with Crippen LogP contribution >= 0.6 is 15.9 Å². The number of amides is 2. The van der Waals surface area contributed by atoms with Crippen LogP contribution < -0.4 is 5.32 Å². The van der Waals surface area contributed by atoms with E-state index in [0.29, 0.717) is 6.54 Å². The van der Waals surface area contributed by atoms with Crippen LogP contribution in [0.5, 0.6) is 0 Å². The molecule has 2 heterocycles. The second-order valence-corrected chi connectivity index (χ2v) is 6.70. The van der Waals surface area contributed by atoms with Crippen molar-refractivity contribution >= 4 is 22.0 Å². The van der Waals surface area contributed by atoms with Gasteiger partial charge in [0.15, 0.2) is 0 Å². The van der Waals surface area contributed by atoms with E-state index in [-0.39, 0.29) is 12.1 Å². The molecule has 0 spiro atoms. The molecular weight excluding hydrogens is 354 g/mol. The standard InChI is InChI=1S/C18H22BrN3O/c1-14-5-7-15(8-6-14)17-16-4-2-11-21(16)12-13-22(17)18(23)20-10-3-9-19/h2,4-8,11,17H,3,9-10,12-13H2,1H3,(H,20,23)/t17-/m1/s1. The van der Waals surface area contributed by atoms with Crippen molar-refractivity contribution in [2.45, 2.75) is 25.9 Å². The Balaban J connectivity index is 1.89. The van der Waals surface area contributed by atoms with Gasteiger partial charge in [-0.05, 0) is 31.0 Å². The van der Waals surface area contributed by atoms with Gasteiger partial charge in [-0.25, -0.2) is 4.79 Å². The van der Waals surface area contributed by atoms with Crippen molar-refractivity contribution < 1.29 is 4.79 Å². The minimum absolute atomic E-state index is 0.0176. The molecule has 0 fully saturated rings. The van der Waals surface area contributed by atoms with Gasteiger partial charge in [-0.3, -0.25) is 0 Å². The third-order valence-electron chi connectivity index (χ3n) is 4.28. The van der Waals surface area contributed by atoms with Gasteiger partial charge < -0.3 is 14.8 Å². The molecule has 3 rings (SSSR count). The second-order valence-electron chi connectivity index (χ2n) is 5.91. The maximum atomic E-state index is 12.6. The SMILES string of the molecule is Cc1ccc([C@@H]2c3cccn3CCN2C(=O)NCCCBr)cc1. The highest BCUT2D eigenvalue weighted by Crippen LogP contribution is 2.32. The Hall–Kier alpha value is -1.75. The van der Waals surface area contributed by atoms with Gasteiger partial charge >= 0.3 is 6.03 Å². The quantitative estimate of drug-likeness (QED) is 0.641. The van der Waals surface area contributed by atoms with Crippen molar-refractivity contribution in [2.24, 2.45) is 0 Å². The molecule has 1 atom stereocenters. The fourth-order valence-corrected chi connectivity index (χ4v) is 3.35. The molecule has 2 amide bonds. The summed E-state index contributed by atoms with van der Waals surface area (Å²) >= 11 is 3.40. The Kier molecular flexibility index (Phi) is 5.06. The van der Waals surface area contributed by atoms with E-state index in [1.807, 2.05) is 4.90 Å². The van der Waals surface area contributed by atoms with Crippen LogP contribution in [0.25, 0.3) is 0 Å². The number of fused-ring (bicyclic) bond motifs is 1. The highest BCUT2D eigenvalue weighted by molar-refractivity contribution is 9.09. The molecule has 0 bridgehead atoms. The molecule has 1 N–H and O–H groups in total. The Morgan fingerprint density at radius 3 is 2.78 bits per heavy atom. The minimum atomic E-state index is -0.0247. The second kappa shape index (κ2) is 7.21. The van der Waals surface area contributed by atoms with Crippen LogP contribution in [0.1, 0.15) is 29.3 Å². The van der Waals surface area contributed by atoms with Gasteiger partial charge in [-0.15, -0.1) is 0 Å². The van der Waals surface area contributed by atoms with Gasteiger partial charge in [0.05, 0.1) is 6.04 Å². The van der Waals surface area contributed by atoms with Crippen molar-refractivity contribution in [3.05, 3.63) is 59.4 Å². The van der Waals surface area contributed by atoms with Gasteiger partial charge in [0.25, 0.3) is 0 Å². The number of carbonyl (C=O) groups excluding carboxylic acids is 1. The minimum Gasteiger partial charge on any atom is -0.348 e. The summed E-state index contributed by atoms with van der Waals surface area (Å²) in [4.78, 5) is 14.6. The first kappa shape index (κ1) is 16.1. The Labute approximate surface area is 145 Å². The van der Waals surface area contributed by atoms with Gasteiger partial charge in [-0.2, -0.15) is 0 Å². The van der Waals surface area contributed by atoms with Crippen LogP contribution in [0.4, 0.5) is 4.79 Å². The number of aryl methyl sites for hydroxylation is 1. The zero-order chi connectivity index (χ0) is 16.2. The lowest BCUT2D eigenvalue weighted by atomic mass is 9.99. The van der Waals surface area contributed by atoms with Gasteiger partial charge in [0, 0.05) is 36.9 Å². The van der Waals surface area contributed by atoms with Crippen molar-refractivity contribution in [2.75, 3.05) is 18.4 Å². The molecule has 4 nitrogen and oxygen atoms in total. The highest BCUT2D eigenvalue weighted by atomic mass is 79.9. The normalized spacial score (nSPS) is 17.0. The molecule has 1 aliphatic heterocycles. The number of aromatic nitrogens is 1. The monoisotopic (exact) mass is 375 g/mol. The van der Waals surface area contributed by atoms with Gasteiger partial charge in [0.2, 0.25) is 0 Å². The van der Waals surface area contributed by atoms with Crippen LogP contribution in [0.3, 0.4) is 0 Å². The maximum Gasteiger partial charge on any atom is 0.318 e. The fourth-order valence-electron chi connectivity index (χ4n) is 3.07. The zero-order valence-electron chi connectivity index (χ0n) is 13.3. The first-order valence-corrected chi connectivity index (χ1v) is 9.15. The maximum absolute atomic E-state index is 12.6. The number of hydrogen-bond acceptors (Lipinski definition) is 1. The summed E-state index contributed by atoms with van der Waals surface area (Å²) in [7, 11) is 0. The number of hydrogen-bond donors (Lipinski definition) is 1. The van der Waals surface area contributed by atoms with Crippen LogP contribution in [0.2, 0.25) is 0 Å². The average Bonchev–Trinajstić information content (AvgIpc) is 3.03. The summed E-state index contributed by atoms with van der Waals surface area (Å²) in [5.74, 6) is 0. The first-order valence-electron chi connectivity index (χ1n) is 8.03. The highest BCUT2D eigenvalue weighted by Gasteiger charge is 2.31. The lowest BCUT2D eigenvalue weighted by Gasteiger charge is -2.37. The predicted octanol–water partition coefficient (Wildman–Crippen LogP) is 3.70. The third-order valence-corrected chi connectivity index (χ3v) is 4.84. The predicted molar refractivity (Wildman–Crippen MR) is 96.0 cm³/mol. The van der Waals surface area contributed by atoms with E-state index < -0.39 is 0 Å². The lowest BCUT2D eigenvalue weighted by molar-refractivity contribution is 0.169. The summed E-state index contributed by atoms with van der Waals surface area (Å²) in [5.41, 5.74) is 3.56. The number of urea groups is 1. The molecule has 5 heteroatoms. The Morgan fingerprint density at radius 2 is 2.04 bits per heavy atom. The van der Waals surface area contributed by atoms with E-state index in [9.17, 15) is 4.79 Å². The zero-order valence-corrected chi connectivity index (χ0v) is 14.9. The number of alkyl halides is 1. The van der Waals surface area contributed by atoms with Gasteiger partial charge in [0.1, 0.15) is 0 Å². The van der Waals surface area contributed by atoms with Crippen molar-refractivity contribution in [3.63, 3.8) is 0 Å². The van der Waals surface area contributed by atoms with Crippen molar-refractivity contribution in [3.8, 4) is 0 Å². The average molecular weight is 376 g/mol. The molecule has 1 aromatic carbocycles.